The van der Waals surface area contributed by atoms with Gasteiger partial charge in [0.1, 0.15) is 6.61 Å². The van der Waals surface area contributed by atoms with E-state index in [4.69, 9.17) is 9.47 Å². The van der Waals surface area contributed by atoms with Crippen molar-refractivity contribution in [2.45, 2.75) is 193 Å². The van der Waals surface area contributed by atoms with Crippen molar-refractivity contribution in [2.24, 2.45) is 0 Å². The first-order valence-corrected chi connectivity index (χ1v) is 22.3. The molecule has 0 spiro atoms. The van der Waals surface area contributed by atoms with Crippen LogP contribution in [0.1, 0.15) is 187 Å². The molecule has 0 bridgehead atoms. The number of esters is 2. The predicted molar refractivity (Wildman–Crippen MR) is 237 cm³/mol. The Hall–Kier alpha value is -3.18. The van der Waals surface area contributed by atoms with Gasteiger partial charge in [0.05, 0.1) is 6.61 Å². The van der Waals surface area contributed by atoms with Crippen LogP contribution in [0, 0.1) is 0 Å². The average Bonchev–Trinajstić information content (AvgIpc) is 3.19. The molecule has 1 N–H and O–H groups in total. The van der Waals surface area contributed by atoms with Gasteiger partial charge in [0.25, 0.3) is 0 Å². The third-order valence-electron chi connectivity index (χ3n) is 9.14. The standard InChI is InChI=1S/C50H82O5/c1-3-5-7-9-11-13-15-17-19-20-21-22-23-24-25-26-27-28-29-30-31-33-35-37-39-41-43-45-50(53)55-48(46-51)47-54-49(52)44-42-40-38-36-34-32-18-16-14-12-10-8-6-4-2/h5,7,11,13,17,19,21-22,24-25,27-28,30-31,35,37,48,51H,3-4,6,8-10,12,14-16,18,20,23,26,29,32-34,36,38-47H2,1-2H3/b7-5-,13-11-,19-17-,22-21-,25-24-,28-27-,31-30-,37-35-. The molecule has 0 heterocycles. The van der Waals surface area contributed by atoms with Crippen molar-refractivity contribution in [3.63, 3.8) is 0 Å². The number of hydrogen-bond donors (Lipinski definition) is 1. The second-order valence-corrected chi connectivity index (χ2v) is 14.4. The van der Waals surface area contributed by atoms with E-state index in [9.17, 15) is 14.7 Å². The average molecular weight is 763 g/mol. The van der Waals surface area contributed by atoms with Crippen molar-refractivity contribution >= 4 is 11.9 Å². The molecular formula is C50H82O5. The second kappa shape index (κ2) is 45.2. The Morgan fingerprint density at radius 2 is 0.782 bits per heavy atom. The number of allylic oxidation sites excluding steroid dienone is 16. The van der Waals surface area contributed by atoms with Crippen LogP contribution in [0.25, 0.3) is 0 Å². The van der Waals surface area contributed by atoms with Gasteiger partial charge in [-0.1, -0.05) is 195 Å². The molecular weight excluding hydrogens is 681 g/mol. The Morgan fingerprint density at radius 3 is 1.18 bits per heavy atom. The topological polar surface area (TPSA) is 72.8 Å². The van der Waals surface area contributed by atoms with Gasteiger partial charge in [-0.2, -0.15) is 0 Å². The summed E-state index contributed by atoms with van der Waals surface area (Å²) in [6, 6.07) is 0. The molecule has 0 rings (SSSR count). The summed E-state index contributed by atoms with van der Waals surface area (Å²) in [5, 5.41) is 9.57. The molecule has 312 valence electrons. The highest BCUT2D eigenvalue weighted by Gasteiger charge is 2.16. The van der Waals surface area contributed by atoms with E-state index >= 15 is 0 Å². The highest BCUT2D eigenvalue weighted by atomic mass is 16.6. The first-order chi connectivity index (χ1) is 27.1. The molecule has 1 unspecified atom stereocenters. The highest BCUT2D eigenvalue weighted by Crippen LogP contribution is 2.14. The van der Waals surface area contributed by atoms with E-state index in [1.54, 1.807) is 0 Å². The summed E-state index contributed by atoms with van der Waals surface area (Å²) >= 11 is 0. The first-order valence-electron chi connectivity index (χ1n) is 22.3. The maximum absolute atomic E-state index is 12.2. The molecule has 0 aromatic rings. The van der Waals surface area contributed by atoms with Crippen LogP contribution in [0.3, 0.4) is 0 Å². The number of hydrogen-bond acceptors (Lipinski definition) is 5. The van der Waals surface area contributed by atoms with E-state index in [-0.39, 0.29) is 25.2 Å². The first kappa shape index (κ1) is 51.8. The fraction of sp³-hybridized carbons (Fsp3) is 0.640. The summed E-state index contributed by atoms with van der Waals surface area (Å²) in [4.78, 5) is 24.3. The molecule has 0 aliphatic carbocycles. The van der Waals surface area contributed by atoms with Gasteiger partial charge in [-0.15, -0.1) is 0 Å². The molecule has 0 saturated carbocycles. The molecule has 0 fully saturated rings. The Balaban J connectivity index is 3.69. The maximum Gasteiger partial charge on any atom is 0.306 e. The monoisotopic (exact) mass is 763 g/mol. The number of carbonyl (C=O) groups is 2. The maximum atomic E-state index is 12.2. The van der Waals surface area contributed by atoms with Crippen LogP contribution >= 0.6 is 0 Å². The molecule has 0 aliphatic rings. The van der Waals surface area contributed by atoms with Crippen molar-refractivity contribution in [3.8, 4) is 0 Å². The van der Waals surface area contributed by atoms with Crippen LogP contribution in [0.15, 0.2) is 97.2 Å². The van der Waals surface area contributed by atoms with E-state index in [1.807, 2.05) is 0 Å². The lowest BCUT2D eigenvalue weighted by molar-refractivity contribution is -0.161. The molecule has 5 heteroatoms. The van der Waals surface area contributed by atoms with E-state index < -0.39 is 6.10 Å². The van der Waals surface area contributed by atoms with E-state index in [1.165, 1.54) is 70.6 Å². The third kappa shape index (κ3) is 43.4. The molecule has 0 radical (unpaired) electrons. The Labute approximate surface area is 338 Å². The Bertz CT molecular complexity index is 1090. The summed E-state index contributed by atoms with van der Waals surface area (Å²) in [6.45, 7) is 3.98. The van der Waals surface area contributed by atoms with Crippen LogP contribution < -0.4 is 0 Å². The number of ether oxygens (including phenoxy) is 2. The fourth-order valence-corrected chi connectivity index (χ4v) is 5.80. The summed E-state index contributed by atoms with van der Waals surface area (Å²) in [6.07, 6.45) is 63.4. The van der Waals surface area contributed by atoms with Crippen LogP contribution in [-0.2, 0) is 19.1 Å². The normalized spacial score (nSPS) is 13.1. The van der Waals surface area contributed by atoms with Crippen molar-refractivity contribution in [1.82, 2.24) is 0 Å². The lowest BCUT2D eigenvalue weighted by atomic mass is 10.0. The zero-order valence-corrected chi connectivity index (χ0v) is 35.4. The van der Waals surface area contributed by atoms with Gasteiger partial charge in [-0.05, 0) is 77.0 Å². The molecule has 1 atom stereocenters. The van der Waals surface area contributed by atoms with Gasteiger partial charge in [0, 0.05) is 12.8 Å². The van der Waals surface area contributed by atoms with Crippen molar-refractivity contribution in [1.29, 1.82) is 0 Å². The minimum Gasteiger partial charge on any atom is -0.462 e. The van der Waals surface area contributed by atoms with Gasteiger partial charge in [0.2, 0.25) is 0 Å². The number of aliphatic hydroxyl groups is 1. The van der Waals surface area contributed by atoms with Crippen LogP contribution in [0.2, 0.25) is 0 Å². The summed E-state index contributed by atoms with van der Waals surface area (Å²) in [7, 11) is 0. The van der Waals surface area contributed by atoms with E-state index in [0.29, 0.717) is 12.8 Å². The number of carbonyl (C=O) groups excluding carboxylic acids is 2. The Kier molecular flexibility index (Phi) is 42.6. The van der Waals surface area contributed by atoms with Crippen molar-refractivity contribution in [3.05, 3.63) is 97.2 Å². The number of aliphatic hydroxyl groups excluding tert-OH is 1. The lowest BCUT2D eigenvalue weighted by Gasteiger charge is -2.15. The van der Waals surface area contributed by atoms with Gasteiger partial charge < -0.3 is 14.6 Å². The zero-order valence-electron chi connectivity index (χ0n) is 35.4. The lowest BCUT2D eigenvalue weighted by Crippen LogP contribution is -2.28. The van der Waals surface area contributed by atoms with E-state index in [2.05, 4.69) is 111 Å². The van der Waals surface area contributed by atoms with Gasteiger partial charge in [-0.25, -0.2) is 0 Å². The summed E-state index contributed by atoms with van der Waals surface area (Å²) in [5.41, 5.74) is 0. The molecule has 0 saturated heterocycles. The molecule has 55 heavy (non-hydrogen) atoms. The van der Waals surface area contributed by atoms with Crippen molar-refractivity contribution in [2.75, 3.05) is 13.2 Å². The van der Waals surface area contributed by atoms with Crippen LogP contribution in [0.5, 0.6) is 0 Å². The molecule has 5 nitrogen and oxygen atoms in total. The molecule has 0 amide bonds. The van der Waals surface area contributed by atoms with Crippen LogP contribution in [0.4, 0.5) is 0 Å². The van der Waals surface area contributed by atoms with Gasteiger partial charge >= 0.3 is 11.9 Å². The minimum absolute atomic E-state index is 0.0873. The largest absolute Gasteiger partial charge is 0.462 e. The minimum atomic E-state index is -0.799. The van der Waals surface area contributed by atoms with E-state index in [0.717, 1.165) is 89.9 Å². The quantitative estimate of drug-likeness (QED) is 0.0383. The molecule has 0 aromatic carbocycles. The Morgan fingerprint density at radius 1 is 0.436 bits per heavy atom. The van der Waals surface area contributed by atoms with Gasteiger partial charge in [-0.3, -0.25) is 9.59 Å². The second-order valence-electron chi connectivity index (χ2n) is 14.4. The molecule has 0 aliphatic heterocycles. The summed E-state index contributed by atoms with van der Waals surface area (Å²) in [5.74, 6) is -0.646. The van der Waals surface area contributed by atoms with Crippen molar-refractivity contribution < 1.29 is 24.2 Å². The predicted octanol–water partition coefficient (Wildman–Crippen LogP) is 14.5. The fourth-order valence-electron chi connectivity index (χ4n) is 5.80. The zero-order chi connectivity index (χ0) is 40.0. The summed E-state index contributed by atoms with van der Waals surface area (Å²) < 4.78 is 10.6. The number of rotatable bonds is 39. The third-order valence-corrected chi connectivity index (χ3v) is 9.14. The highest BCUT2D eigenvalue weighted by molar-refractivity contribution is 5.70. The SMILES string of the molecule is CC/C=C\C/C=C\C/C=C\C/C=C\C/C=C\C/C=C\C/C=C\C/C=C\CCCCC(=O)OC(CO)COC(=O)CCCCCCCCCCCCCCCC. The molecule has 0 aromatic heterocycles. The van der Waals surface area contributed by atoms with Crippen LogP contribution in [-0.4, -0.2) is 36.4 Å². The smallest absolute Gasteiger partial charge is 0.306 e. The van der Waals surface area contributed by atoms with Gasteiger partial charge in [0.15, 0.2) is 6.10 Å². The number of unbranched alkanes of at least 4 members (excludes halogenated alkanes) is 15.